The van der Waals surface area contributed by atoms with Crippen molar-refractivity contribution < 1.29 is 4.74 Å². The first-order valence-corrected chi connectivity index (χ1v) is 21.0. The maximum atomic E-state index is 6.75. The summed E-state index contributed by atoms with van der Waals surface area (Å²) in [6.07, 6.45) is 0. The Hall–Kier alpha value is -7.94. The highest BCUT2D eigenvalue weighted by Gasteiger charge is 2.52. The van der Waals surface area contributed by atoms with Gasteiger partial charge in [-0.05, 0) is 91.7 Å². The molecule has 1 aliphatic heterocycles. The van der Waals surface area contributed by atoms with Crippen LogP contribution in [0.5, 0.6) is 11.5 Å². The highest BCUT2D eigenvalue weighted by molar-refractivity contribution is 6.05. The molecule has 10 aromatic rings. The van der Waals surface area contributed by atoms with Crippen molar-refractivity contribution in [3.63, 3.8) is 0 Å². The summed E-state index contributed by atoms with van der Waals surface area (Å²) in [6, 6.07) is 85.9. The van der Waals surface area contributed by atoms with Crippen molar-refractivity contribution in [1.82, 2.24) is 0 Å². The SMILES string of the molecule is c1ccc(-c2ccccc2N(c2ccc(-c3ccc(-c4ccccc4)c4ccccc34)cc2)c2cccc3c2C2(c4ccccc4Oc4ccccc42)c2ccccc2-3)cc1. The fourth-order valence-corrected chi connectivity index (χ4v) is 10.2. The molecule has 1 spiro atoms. The Kier molecular flexibility index (Phi) is 8.11. The quantitative estimate of drug-likeness (QED) is 0.167. The topological polar surface area (TPSA) is 12.5 Å². The van der Waals surface area contributed by atoms with Crippen molar-refractivity contribution in [1.29, 1.82) is 0 Å². The summed E-state index contributed by atoms with van der Waals surface area (Å²) >= 11 is 0. The molecule has 2 heteroatoms. The molecule has 0 bridgehead atoms. The Bertz CT molecular complexity index is 3230. The summed E-state index contributed by atoms with van der Waals surface area (Å²) in [7, 11) is 0. The number of rotatable bonds is 6. The number of ether oxygens (including phenoxy) is 1. The van der Waals surface area contributed by atoms with Gasteiger partial charge in [0.25, 0.3) is 0 Å². The van der Waals surface area contributed by atoms with Crippen molar-refractivity contribution >= 4 is 27.8 Å². The summed E-state index contributed by atoms with van der Waals surface area (Å²) in [5.74, 6) is 1.76. The molecular weight excluding hydrogens is 739 g/mol. The fraction of sp³-hybridized carbons (Fsp3) is 0.0169. The van der Waals surface area contributed by atoms with Crippen LogP contribution in [0.2, 0.25) is 0 Å². The number of benzene rings is 10. The van der Waals surface area contributed by atoms with Crippen LogP contribution in [0, 0.1) is 0 Å². The van der Waals surface area contributed by atoms with E-state index in [4.69, 9.17) is 4.74 Å². The number of hydrogen-bond donors (Lipinski definition) is 0. The first-order valence-electron chi connectivity index (χ1n) is 21.0. The second kappa shape index (κ2) is 14.1. The van der Waals surface area contributed by atoms with Crippen LogP contribution in [-0.4, -0.2) is 0 Å². The monoisotopic (exact) mass is 777 g/mol. The van der Waals surface area contributed by atoms with Gasteiger partial charge in [0.15, 0.2) is 0 Å². The van der Waals surface area contributed by atoms with Gasteiger partial charge in [-0.3, -0.25) is 0 Å². The maximum Gasteiger partial charge on any atom is 0.132 e. The fourth-order valence-electron chi connectivity index (χ4n) is 10.2. The molecule has 1 heterocycles. The molecule has 0 saturated carbocycles. The zero-order chi connectivity index (χ0) is 40.3. The smallest absolute Gasteiger partial charge is 0.132 e. The van der Waals surface area contributed by atoms with Crippen molar-refractivity contribution in [2.45, 2.75) is 5.41 Å². The Morgan fingerprint density at radius 3 is 1.39 bits per heavy atom. The van der Waals surface area contributed by atoms with E-state index in [9.17, 15) is 0 Å². The second-order valence-electron chi connectivity index (χ2n) is 15.9. The van der Waals surface area contributed by atoms with Crippen molar-refractivity contribution in [2.24, 2.45) is 0 Å². The van der Waals surface area contributed by atoms with E-state index in [1.165, 1.54) is 55.3 Å². The molecule has 2 nitrogen and oxygen atoms in total. The van der Waals surface area contributed by atoms with Gasteiger partial charge in [-0.1, -0.05) is 200 Å². The van der Waals surface area contributed by atoms with Crippen LogP contribution in [0.3, 0.4) is 0 Å². The lowest BCUT2D eigenvalue weighted by Crippen LogP contribution is -2.33. The van der Waals surface area contributed by atoms with Gasteiger partial charge in [0.2, 0.25) is 0 Å². The Balaban J connectivity index is 1.11. The minimum Gasteiger partial charge on any atom is -0.457 e. The van der Waals surface area contributed by atoms with Gasteiger partial charge in [-0.2, -0.15) is 0 Å². The number of hydrogen-bond acceptors (Lipinski definition) is 2. The maximum absolute atomic E-state index is 6.75. The molecule has 0 radical (unpaired) electrons. The van der Waals surface area contributed by atoms with E-state index in [1.54, 1.807) is 0 Å². The Morgan fingerprint density at radius 2 is 0.754 bits per heavy atom. The first-order chi connectivity index (χ1) is 30.3. The highest BCUT2D eigenvalue weighted by atomic mass is 16.5. The van der Waals surface area contributed by atoms with Crippen LogP contribution >= 0.6 is 0 Å². The van der Waals surface area contributed by atoms with E-state index < -0.39 is 5.41 Å². The van der Waals surface area contributed by atoms with Gasteiger partial charge in [-0.25, -0.2) is 0 Å². The van der Waals surface area contributed by atoms with Crippen LogP contribution in [0.25, 0.3) is 55.3 Å². The molecule has 0 atom stereocenters. The molecule has 0 aromatic heterocycles. The van der Waals surface area contributed by atoms with E-state index in [0.717, 1.165) is 50.8 Å². The molecular formula is C59H39NO. The molecule has 286 valence electrons. The molecule has 61 heavy (non-hydrogen) atoms. The van der Waals surface area contributed by atoms with Gasteiger partial charge in [-0.15, -0.1) is 0 Å². The molecule has 0 N–H and O–H groups in total. The lowest BCUT2D eigenvalue weighted by Gasteiger charge is -2.41. The number of fused-ring (bicyclic) bond motifs is 10. The zero-order valence-corrected chi connectivity index (χ0v) is 33.4. The number of nitrogens with zero attached hydrogens (tertiary/aromatic N) is 1. The van der Waals surface area contributed by atoms with Crippen LogP contribution < -0.4 is 9.64 Å². The van der Waals surface area contributed by atoms with Crippen LogP contribution in [0.4, 0.5) is 17.1 Å². The molecule has 2 aliphatic rings. The van der Waals surface area contributed by atoms with Crippen molar-refractivity contribution in [3.8, 4) is 56.0 Å². The minimum absolute atomic E-state index is 0.646. The van der Waals surface area contributed by atoms with Gasteiger partial charge in [0, 0.05) is 27.9 Å². The lowest BCUT2D eigenvalue weighted by molar-refractivity contribution is 0.436. The molecule has 1 aliphatic carbocycles. The average molecular weight is 778 g/mol. The van der Waals surface area contributed by atoms with Gasteiger partial charge < -0.3 is 9.64 Å². The highest BCUT2D eigenvalue weighted by Crippen LogP contribution is 2.65. The standard InChI is InChI=1S/C59H39NO/c1-3-18-40(19-4-1)44-38-39-45(48-24-8-7-23-47(44)48)42-34-36-43(37-35-42)60(54-30-14-10-22-46(54)41-20-5-2-6-21-41)55-31-17-26-50-49-25-9-11-27-51(49)59(58(50)55)52-28-12-15-32-56(52)61-57-33-16-13-29-53(57)59/h1-39H. The van der Waals surface area contributed by atoms with Crippen molar-refractivity contribution in [2.75, 3.05) is 4.90 Å². The predicted molar refractivity (Wildman–Crippen MR) is 252 cm³/mol. The summed E-state index contributed by atoms with van der Waals surface area (Å²) in [6.45, 7) is 0. The van der Waals surface area contributed by atoms with E-state index in [0.29, 0.717) is 0 Å². The van der Waals surface area contributed by atoms with Crippen molar-refractivity contribution in [3.05, 3.63) is 259 Å². The Morgan fingerprint density at radius 1 is 0.295 bits per heavy atom. The average Bonchev–Trinajstić information content (AvgIpc) is 3.63. The predicted octanol–water partition coefficient (Wildman–Crippen LogP) is 15.8. The van der Waals surface area contributed by atoms with Gasteiger partial charge >= 0.3 is 0 Å². The van der Waals surface area contributed by atoms with Crippen LogP contribution in [0.1, 0.15) is 22.3 Å². The minimum atomic E-state index is -0.646. The van der Waals surface area contributed by atoms with Crippen LogP contribution in [0.15, 0.2) is 237 Å². The molecule has 0 saturated heterocycles. The molecule has 10 aromatic carbocycles. The summed E-state index contributed by atoms with van der Waals surface area (Å²) in [4.78, 5) is 2.50. The number of para-hydroxylation sites is 3. The van der Waals surface area contributed by atoms with E-state index >= 15 is 0 Å². The molecule has 12 rings (SSSR count). The second-order valence-corrected chi connectivity index (χ2v) is 15.9. The largest absolute Gasteiger partial charge is 0.457 e. The summed E-state index contributed by atoms with van der Waals surface area (Å²) < 4.78 is 6.75. The third-order valence-corrected chi connectivity index (χ3v) is 12.8. The first kappa shape index (κ1) is 35.0. The number of anilines is 3. The van der Waals surface area contributed by atoms with E-state index in [-0.39, 0.29) is 0 Å². The van der Waals surface area contributed by atoms with E-state index in [1.807, 2.05) is 0 Å². The summed E-state index contributed by atoms with van der Waals surface area (Å²) in [5.41, 5.74) is 17.1. The third kappa shape index (κ3) is 5.36. The lowest BCUT2D eigenvalue weighted by atomic mass is 9.65. The normalized spacial score (nSPS) is 12.9. The summed E-state index contributed by atoms with van der Waals surface area (Å²) in [5, 5.41) is 2.48. The Labute approximate surface area is 356 Å². The molecule has 0 fully saturated rings. The third-order valence-electron chi connectivity index (χ3n) is 12.8. The van der Waals surface area contributed by atoms with Crippen LogP contribution in [-0.2, 0) is 5.41 Å². The molecule has 0 amide bonds. The van der Waals surface area contributed by atoms with E-state index in [2.05, 4.69) is 241 Å². The molecule has 0 unspecified atom stereocenters. The van der Waals surface area contributed by atoms with Gasteiger partial charge in [0.05, 0.1) is 16.8 Å². The van der Waals surface area contributed by atoms with Gasteiger partial charge in [0.1, 0.15) is 11.5 Å². The zero-order valence-electron chi connectivity index (χ0n) is 33.4.